The summed E-state index contributed by atoms with van der Waals surface area (Å²) in [5.41, 5.74) is 3.07. The molecule has 28 heavy (non-hydrogen) atoms. The number of rotatable bonds is 0. The van der Waals surface area contributed by atoms with Crippen molar-refractivity contribution in [2.24, 2.45) is 0 Å². The number of carbonyl (C=O) groups excluding carboxylic acids is 1. The molecule has 3 unspecified atom stereocenters. The number of imidazole rings is 1. The Kier molecular flexibility index (Phi) is 4.07. The van der Waals surface area contributed by atoms with Gasteiger partial charge in [-0.1, -0.05) is 35.8 Å². The molecule has 3 aliphatic rings. The van der Waals surface area contributed by atoms with Crippen molar-refractivity contribution >= 4 is 61.1 Å². The summed E-state index contributed by atoms with van der Waals surface area (Å²) in [7, 11) is 0. The molecule has 5 rings (SSSR count). The average Bonchev–Trinajstić information content (AvgIpc) is 3.21. The van der Waals surface area contributed by atoms with E-state index in [1.165, 1.54) is 5.56 Å². The molecule has 4 heterocycles. The molecule has 0 radical (unpaired) electrons. The normalized spacial score (nSPS) is 29.9. The number of halogens is 3. The third-order valence-corrected chi connectivity index (χ3v) is 7.97. The predicted octanol–water partition coefficient (Wildman–Crippen LogP) is 5.33. The molecule has 1 spiro atoms. The lowest BCUT2D eigenvalue weighted by Crippen LogP contribution is -2.52. The smallest absolute Gasteiger partial charge is 0.229 e. The summed E-state index contributed by atoms with van der Waals surface area (Å²) in [5.74, 6) is 0.156. The van der Waals surface area contributed by atoms with Gasteiger partial charge in [-0.05, 0) is 39.7 Å². The Morgan fingerprint density at radius 2 is 2.11 bits per heavy atom. The summed E-state index contributed by atoms with van der Waals surface area (Å²) < 4.78 is 1.68. The minimum atomic E-state index is -0.568. The van der Waals surface area contributed by atoms with Crippen molar-refractivity contribution in [2.75, 3.05) is 5.32 Å². The van der Waals surface area contributed by atoms with E-state index >= 15 is 0 Å². The van der Waals surface area contributed by atoms with Crippen LogP contribution in [-0.4, -0.2) is 31.8 Å². The van der Waals surface area contributed by atoms with E-state index in [-0.39, 0.29) is 22.6 Å². The molecule has 8 heteroatoms. The second-order valence-corrected chi connectivity index (χ2v) is 10.5. The SMILES string of the molecule is CC1(C)c2[nH]c(Br)nc2C=CN2C(=O)CC3c4ccc(Br)cc4NC32CC1Cl. The molecular formula is C20H19Br2ClN4O. The van der Waals surface area contributed by atoms with E-state index in [0.29, 0.717) is 17.6 Å². The van der Waals surface area contributed by atoms with Gasteiger partial charge in [0.15, 0.2) is 4.73 Å². The number of alkyl halides is 1. The minimum absolute atomic E-state index is 0.0564. The summed E-state index contributed by atoms with van der Waals surface area (Å²) in [5, 5.41) is 3.45. The van der Waals surface area contributed by atoms with Gasteiger partial charge in [0.2, 0.25) is 5.91 Å². The molecule has 146 valence electrons. The highest BCUT2D eigenvalue weighted by Gasteiger charge is 2.59. The van der Waals surface area contributed by atoms with Crippen LogP contribution < -0.4 is 5.32 Å². The predicted molar refractivity (Wildman–Crippen MR) is 117 cm³/mol. The van der Waals surface area contributed by atoms with Gasteiger partial charge in [0.05, 0.1) is 11.4 Å². The maximum absolute atomic E-state index is 13.0. The van der Waals surface area contributed by atoms with Gasteiger partial charge < -0.3 is 10.3 Å². The second-order valence-electron chi connectivity index (χ2n) is 8.30. The molecule has 0 aliphatic carbocycles. The maximum Gasteiger partial charge on any atom is 0.229 e. The maximum atomic E-state index is 13.0. The first-order chi connectivity index (χ1) is 13.2. The lowest BCUT2D eigenvalue weighted by molar-refractivity contribution is -0.127. The first-order valence-corrected chi connectivity index (χ1v) is 11.2. The minimum Gasteiger partial charge on any atom is -0.362 e. The van der Waals surface area contributed by atoms with Crippen LogP contribution in [-0.2, 0) is 10.2 Å². The monoisotopic (exact) mass is 524 g/mol. The van der Waals surface area contributed by atoms with Gasteiger partial charge in [-0.3, -0.25) is 9.69 Å². The lowest BCUT2D eigenvalue weighted by Gasteiger charge is -2.41. The highest BCUT2D eigenvalue weighted by Crippen LogP contribution is 2.56. The highest BCUT2D eigenvalue weighted by atomic mass is 79.9. The van der Waals surface area contributed by atoms with E-state index in [9.17, 15) is 4.79 Å². The Labute approximate surface area is 185 Å². The van der Waals surface area contributed by atoms with Crippen LogP contribution in [0.4, 0.5) is 5.69 Å². The number of aromatic amines is 1. The third-order valence-electron chi connectivity index (χ3n) is 6.40. The zero-order chi connectivity index (χ0) is 19.8. The van der Waals surface area contributed by atoms with Crippen LogP contribution in [0, 0.1) is 0 Å². The van der Waals surface area contributed by atoms with Crippen LogP contribution in [0.5, 0.6) is 0 Å². The van der Waals surface area contributed by atoms with Crippen LogP contribution in [0.2, 0.25) is 0 Å². The van der Waals surface area contributed by atoms with Crippen molar-refractivity contribution in [1.29, 1.82) is 0 Å². The molecular weight excluding hydrogens is 508 g/mol. The lowest BCUT2D eigenvalue weighted by atomic mass is 9.78. The molecule has 1 saturated heterocycles. The molecule has 1 aromatic heterocycles. The molecule has 0 saturated carbocycles. The number of carbonyl (C=O) groups is 1. The van der Waals surface area contributed by atoms with Gasteiger partial charge >= 0.3 is 0 Å². The first kappa shape index (κ1) is 18.7. The summed E-state index contributed by atoms with van der Waals surface area (Å²) in [6.07, 6.45) is 4.86. The van der Waals surface area contributed by atoms with Gasteiger partial charge in [-0.2, -0.15) is 0 Å². The number of H-pyrrole nitrogens is 1. The van der Waals surface area contributed by atoms with Gasteiger partial charge in [0, 0.05) is 45.9 Å². The fourth-order valence-electron chi connectivity index (χ4n) is 4.83. The number of anilines is 1. The number of hydrogen-bond donors (Lipinski definition) is 2. The van der Waals surface area contributed by atoms with Crippen molar-refractivity contribution in [3.63, 3.8) is 0 Å². The number of nitrogens with zero attached hydrogens (tertiary/aromatic N) is 2. The van der Waals surface area contributed by atoms with E-state index in [2.05, 4.69) is 73.1 Å². The van der Waals surface area contributed by atoms with E-state index in [0.717, 1.165) is 21.5 Å². The molecule has 5 nitrogen and oxygen atoms in total. The fraction of sp³-hybridized carbons (Fsp3) is 0.400. The number of fused-ring (bicyclic) bond motifs is 3. The largest absolute Gasteiger partial charge is 0.362 e. The fourth-order valence-corrected chi connectivity index (χ4v) is 5.92. The van der Waals surface area contributed by atoms with Crippen LogP contribution >= 0.6 is 43.5 Å². The van der Waals surface area contributed by atoms with Crippen LogP contribution in [0.1, 0.15) is 49.6 Å². The average molecular weight is 527 g/mol. The van der Waals surface area contributed by atoms with Gasteiger partial charge in [-0.25, -0.2) is 4.98 Å². The molecule has 3 aliphatic heterocycles. The van der Waals surface area contributed by atoms with E-state index in [4.69, 9.17) is 11.6 Å². The molecule has 1 aromatic carbocycles. The number of nitrogens with one attached hydrogen (secondary N) is 2. The Bertz CT molecular complexity index is 1030. The molecule has 3 atom stereocenters. The van der Waals surface area contributed by atoms with Crippen molar-refractivity contribution in [2.45, 2.75) is 49.1 Å². The zero-order valence-corrected chi connectivity index (χ0v) is 19.3. The Balaban J connectivity index is 1.68. The number of benzene rings is 1. The summed E-state index contributed by atoms with van der Waals surface area (Å²) in [6, 6.07) is 6.22. The topological polar surface area (TPSA) is 61.0 Å². The van der Waals surface area contributed by atoms with E-state index in [1.54, 1.807) is 0 Å². The quantitative estimate of drug-likeness (QED) is 0.456. The Morgan fingerprint density at radius 3 is 2.89 bits per heavy atom. The van der Waals surface area contributed by atoms with E-state index in [1.807, 2.05) is 23.2 Å². The van der Waals surface area contributed by atoms with E-state index < -0.39 is 5.66 Å². The molecule has 2 aromatic rings. The van der Waals surface area contributed by atoms with Crippen LogP contribution in [0.15, 0.2) is 33.6 Å². The van der Waals surface area contributed by atoms with Crippen molar-refractivity contribution < 1.29 is 4.79 Å². The van der Waals surface area contributed by atoms with Gasteiger partial charge in [0.25, 0.3) is 0 Å². The number of aromatic nitrogens is 2. The molecule has 2 N–H and O–H groups in total. The molecule has 0 bridgehead atoms. The summed E-state index contributed by atoms with van der Waals surface area (Å²) >= 11 is 14.1. The van der Waals surface area contributed by atoms with Crippen LogP contribution in [0.3, 0.4) is 0 Å². The molecule has 1 amide bonds. The Morgan fingerprint density at radius 1 is 1.32 bits per heavy atom. The third kappa shape index (κ3) is 2.48. The van der Waals surface area contributed by atoms with Crippen molar-refractivity contribution in [1.82, 2.24) is 14.9 Å². The van der Waals surface area contributed by atoms with Crippen molar-refractivity contribution in [3.05, 3.63) is 50.6 Å². The van der Waals surface area contributed by atoms with Crippen molar-refractivity contribution in [3.8, 4) is 0 Å². The van der Waals surface area contributed by atoms with Gasteiger partial charge in [0.1, 0.15) is 5.66 Å². The second kappa shape index (κ2) is 6.09. The number of amides is 1. The number of hydrogen-bond acceptors (Lipinski definition) is 3. The van der Waals surface area contributed by atoms with Gasteiger partial charge in [-0.15, -0.1) is 11.6 Å². The summed E-state index contributed by atoms with van der Waals surface area (Å²) in [4.78, 5) is 22.7. The zero-order valence-electron chi connectivity index (χ0n) is 15.4. The summed E-state index contributed by atoms with van der Waals surface area (Å²) in [6.45, 7) is 4.25. The molecule has 1 fully saturated rings. The standard InChI is InChI=1S/C20H19Br2ClN4O/c1-19(2)15(23)9-20-12(11-4-3-10(21)7-14(11)26-20)8-16(28)27(20)6-5-13-17(19)25-18(22)24-13/h3-7,12,15,26H,8-9H2,1-2H3,(H,24,25). The Hall–Kier alpha value is -1.31. The van der Waals surface area contributed by atoms with Crippen LogP contribution in [0.25, 0.3) is 6.08 Å². The highest BCUT2D eigenvalue weighted by molar-refractivity contribution is 9.10. The first-order valence-electron chi connectivity index (χ1n) is 9.20.